The van der Waals surface area contributed by atoms with Crippen molar-refractivity contribution in [1.29, 1.82) is 0 Å². The van der Waals surface area contributed by atoms with Crippen LogP contribution in [0.2, 0.25) is 0 Å². The summed E-state index contributed by atoms with van der Waals surface area (Å²) in [6.07, 6.45) is 4.00. The van der Waals surface area contributed by atoms with Crippen LogP contribution in [0.4, 0.5) is 17.3 Å². The molecule has 0 spiro atoms. The predicted molar refractivity (Wildman–Crippen MR) is 104 cm³/mol. The maximum absolute atomic E-state index is 6.14. The summed E-state index contributed by atoms with van der Waals surface area (Å²) in [6, 6.07) is 6.53. The van der Waals surface area contributed by atoms with E-state index in [2.05, 4.69) is 43.7 Å². The fourth-order valence-corrected chi connectivity index (χ4v) is 4.15. The molecule has 3 aliphatic rings. The maximum atomic E-state index is 6.14. The molecule has 2 fully saturated rings. The largest absolute Gasteiger partial charge is 0.486 e. The van der Waals surface area contributed by atoms with E-state index in [9.17, 15) is 0 Å². The second-order valence-electron chi connectivity index (χ2n) is 7.32. The van der Waals surface area contributed by atoms with Gasteiger partial charge in [-0.05, 0) is 49.5 Å². The number of rotatable bonds is 2. The second kappa shape index (κ2) is 7.32. The lowest BCUT2D eigenvalue weighted by Crippen LogP contribution is -2.37. The molecule has 2 saturated heterocycles. The first-order chi connectivity index (χ1) is 13.4. The minimum Gasteiger partial charge on any atom is -0.486 e. The second-order valence-corrected chi connectivity index (χ2v) is 7.32. The van der Waals surface area contributed by atoms with Gasteiger partial charge in [-0.25, -0.2) is 9.97 Å². The Kier molecular flexibility index (Phi) is 4.55. The Morgan fingerprint density at radius 2 is 1.93 bits per heavy atom. The van der Waals surface area contributed by atoms with Crippen LogP contribution in [0.3, 0.4) is 0 Å². The van der Waals surface area contributed by atoms with Crippen LogP contribution in [-0.4, -0.2) is 49.4 Å². The van der Waals surface area contributed by atoms with Gasteiger partial charge in [-0.2, -0.15) is 0 Å². The molecule has 0 atom stereocenters. The highest BCUT2D eigenvalue weighted by molar-refractivity contribution is 5.71. The van der Waals surface area contributed by atoms with Gasteiger partial charge in [0.25, 0.3) is 0 Å². The molecular weight excluding hydrogens is 342 g/mol. The van der Waals surface area contributed by atoms with Gasteiger partial charge in [0.1, 0.15) is 30.3 Å². The molecule has 0 radical (unpaired) electrons. The molecule has 1 aromatic heterocycles. The van der Waals surface area contributed by atoms with Crippen molar-refractivity contribution in [3.8, 4) is 5.75 Å². The monoisotopic (exact) mass is 367 g/mol. The molecule has 1 aromatic carbocycles. The van der Waals surface area contributed by atoms with Gasteiger partial charge < -0.3 is 25.0 Å². The minimum atomic E-state index is 0.468. The molecule has 2 N–H and O–H groups in total. The van der Waals surface area contributed by atoms with Gasteiger partial charge in [0.2, 0.25) is 0 Å². The van der Waals surface area contributed by atoms with Gasteiger partial charge in [-0.15, -0.1) is 0 Å². The molecule has 7 heteroatoms. The Hall–Kier alpha value is -2.38. The summed E-state index contributed by atoms with van der Waals surface area (Å²) in [7, 11) is 0. The molecule has 0 unspecified atom stereocenters. The van der Waals surface area contributed by atoms with Crippen molar-refractivity contribution in [3.05, 3.63) is 35.7 Å². The van der Waals surface area contributed by atoms with E-state index < -0.39 is 0 Å². The third-order valence-electron chi connectivity index (χ3n) is 5.67. The third-order valence-corrected chi connectivity index (χ3v) is 5.67. The first kappa shape index (κ1) is 16.8. The van der Waals surface area contributed by atoms with Crippen LogP contribution in [0.25, 0.3) is 0 Å². The first-order valence-corrected chi connectivity index (χ1v) is 9.79. The van der Waals surface area contributed by atoms with Crippen molar-refractivity contribution < 1.29 is 9.47 Å². The van der Waals surface area contributed by atoms with E-state index >= 15 is 0 Å². The number of aromatic nitrogens is 2. The zero-order valence-electron chi connectivity index (χ0n) is 15.4. The Morgan fingerprint density at radius 1 is 1.07 bits per heavy atom. The number of benzene rings is 1. The average Bonchev–Trinajstić information content (AvgIpc) is 2.93. The number of fused-ring (bicyclic) bond motifs is 2. The smallest absolute Gasteiger partial charge is 0.143 e. The lowest BCUT2D eigenvalue weighted by atomic mass is 9.90. The van der Waals surface area contributed by atoms with E-state index in [4.69, 9.17) is 9.47 Å². The van der Waals surface area contributed by atoms with E-state index in [1.807, 2.05) is 0 Å². The van der Waals surface area contributed by atoms with Crippen molar-refractivity contribution in [1.82, 2.24) is 15.3 Å². The van der Waals surface area contributed by atoms with Crippen LogP contribution < -0.4 is 20.3 Å². The Bertz CT molecular complexity index is 816. The summed E-state index contributed by atoms with van der Waals surface area (Å²) >= 11 is 0. The quantitative estimate of drug-likeness (QED) is 0.845. The zero-order chi connectivity index (χ0) is 18.1. The van der Waals surface area contributed by atoms with Gasteiger partial charge in [0.05, 0.1) is 24.5 Å². The summed E-state index contributed by atoms with van der Waals surface area (Å²) in [5.74, 6) is 3.27. The predicted octanol–water partition coefficient (Wildman–Crippen LogP) is 2.42. The number of morpholine rings is 1. The Morgan fingerprint density at radius 3 is 2.78 bits per heavy atom. The average molecular weight is 367 g/mol. The molecular formula is C20H25N5O2. The molecule has 7 nitrogen and oxygen atoms in total. The van der Waals surface area contributed by atoms with Crippen LogP contribution in [0.1, 0.15) is 29.9 Å². The lowest BCUT2D eigenvalue weighted by molar-refractivity contribution is 0.122. The molecule has 142 valence electrons. The van der Waals surface area contributed by atoms with Crippen LogP contribution >= 0.6 is 0 Å². The highest BCUT2D eigenvalue weighted by Crippen LogP contribution is 2.38. The topological polar surface area (TPSA) is 71.5 Å². The van der Waals surface area contributed by atoms with Gasteiger partial charge in [0, 0.05) is 13.1 Å². The number of nitrogens with one attached hydrogen (secondary N) is 2. The van der Waals surface area contributed by atoms with E-state index in [0.717, 1.165) is 68.0 Å². The third kappa shape index (κ3) is 3.33. The van der Waals surface area contributed by atoms with E-state index in [0.29, 0.717) is 12.5 Å². The van der Waals surface area contributed by atoms with Gasteiger partial charge in [0.15, 0.2) is 0 Å². The fourth-order valence-electron chi connectivity index (χ4n) is 4.15. The fraction of sp³-hybridized carbons (Fsp3) is 0.500. The van der Waals surface area contributed by atoms with Crippen molar-refractivity contribution in [2.24, 2.45) is 0 Å². The van der Waals surface area contributed by atoms with Crippen LogP contribution in [0.15, 0.2) is 24.5 Å². The number of hydrogen-bond acceptors (Lipinski definition) is 7. The summed E-state index contributed by atoms with van der Waals surface area (Å²) < 4.78 is 11.6. The minimum absolute atomic E-state index is 0.468. The SMILES string of the molecule is c1nc2c(c(N3CCOCC3)n1)COc1ccc(C3CCNCC3)cc1N2. The highest BCUT2D eigenvalue weighted by Gasteiger charge is 2.24. The number of hydrogen-bond donors (Lipinski definition) is 2. The number of ether oxygens (including phenoxy) is 2. The van der Waals surface area contributed by atoms with Gasteiger partial charge in [-0.3, -0.25) is 0 Å². The molecule has 0 amide bonds. The van der Waals surface area contributed by atoms with Crippen molar-refractivity contribution in [2.75, 3.05) is 49.6 Å². The van der Waals surface area contributed by atoms with Crippen molar-refractivity contribution in [2.45, 2.75) is 25.4 Å². The lowest BCUT2D eigenvalue weighted by Gasteiger charge is -2.29. The maximum Gasteiger partial charge on any atom is 0.143 e. The summed E-state index contributed by atoms with van der Waals surface area (Å²) in [4.78, 5) is 11.3. The van der Waals surface area contributed by atoms with Crippen molar-refractivity contribution >= 4 is 17.3 Å². The normalized spacial score (nSPS) is 20.1. The Labute approximate surface area is 159 Å². The van der Waals surface area contributed by atoms with Crippen LogP contribution in [0.5, 0.6) is 5.75 Å². The molecule has 0 bridgehead atoms. The summed E-state index contributed by atoms with van der Waals surface area (Å²) in [5.41, 5.74) is 3.38. The van der Waals surface area contributed by atoms with Gasteiger partial charge >= 0.3 is 0 Å². The van der Waals surface area contributed by atoms with Crippen LogP contribution in [-0.2, 0) is 11.3 Å². The highest BCUT2D eigenvalue weighted by atomic mass is 16.5. The van der Waals surface area contributed by atoms with Crippen molar-refractivity contribution in [3.63, 3.8) is 0 Å². The van der Waals surface area contributed by atoms with Gasteiger partial charge in [-0.1, -0.05) is 6.07 Å². The standard InChI is InChI=1S/C20H25N5O2/c1-2-18-17(11-15(1)14-3-5-21-6-4-14)24-19-16(12-27-18)20(23-13-22-19)25-7-9-26-10-8-25/h1-2,11,13-14,21H,3-10,12H2,(H,22,23,24). The molecule has 5 rings (SSSR count). The zero-order valence-corrected chi connectivity index (χ0v) is 15.4. The van der Waals surface area contributed by atoms with E-state index in [1.54, 1.807) is 6.33 Å². The number of piperidine rings is 1. The molecule has 0 saturated carbocycles. The van der Waals surface area contributed by atoms with Crippen LogP contribution in [0, 0.1) is 0 Å². The first-order valence-electron chi connectivity index (χ1n) is 9.79. The van der Waals surface area contributed by atoms with E-state index in [-0.39, 0.29) is 0 Å². The molecule has 0 aliphatic carbocycles. The summed E-state index contributed by atoms with van der Waals surface area (Å²) in [5, 5.41) is 6.95. The van der Waals surface area contributed by atoms with E-state index in [1.165, 1.54) is 18.4 Å². The number of anilines is 3. The molecule has 27 heavy (non-hydrogen) atoms. The summed E-state index contributed by atoms with van der Waals surface area (Å²) in [6.45, 7) is 5.79. The molecule has 3 aliphatic heterocycles. The molecule has 2 aromatic rings. The molecule has 4 heterocycles. The Balaban J connectivity index is 1.45. The number of nitrogens with zero attached hydrogens (tertiary/aromatic N) is 3.